The van der Waals surface area contributed by atoms with Crippen LogP contribution in [0.3, 0.4) is 0 Å². The molecule has 1 saturated heterocycles. The average Bonchev–Trinajstić information content (AvgIpc) is 2.55. The minimum absolute atomic E-state index is 0.0120. The van der Waals surface area contributed by atoms with E-state index < -0.39 is 0 Å². The lowest BCUT2D eigenvalue weighted by atomic mass is 9.92. The van der Waals surface area contributed by atoms with Crippen molar-refractivity contribution in [2.45, 2.75) is 42.9 Å². The van der Waals surface area contributed by atoms with Gasteiger partial charge in [-0.1, -0.05) is 0 Å². The van der Waals surface area contributed by atoms with Gasteiger partial charge in [-0.05, 0) is 50.8 Å². The van der Waals surface area contributed by atoms with Gasteiger partial charge in [0.05, 0.1) is 10.9 Å². The molecule has 3 rings (SSSR count). The minimum atomic E-state index is -0.0991. The first-order valence-corrected chi connectivity index (χ1v) is 9.00. The number of nitrogens with one attached hydrogen (secondary N) is 1. The molecule has 124 valence electrons. The first-order valence-electron chi connectivity index (χ1n) is 8.12. The number of hydrogen-bond donors (Lipinski definition) is 2. The van der Waals surface area contributed by atoms with E-state index in [0.717, 1.165) is 30.0 Å². The Kier molecular flexibility index (Phi) is 4.64. The van der Waals surface area contributed by atoms with Crippen LogP contribution in [0.5, 0.6) is 0 Å². The molecule has 23 heavy (non-hydrogen) atoms. The smallest absolute Gasteiger partial charge is 0.253 e. The molecule has 2 aliphatic heterocycles. The molecule has 2 heterocycles. The Labute approximate surface area is 141 Å². The maximum Gasteiger partial charge on any atom is 0.253 e. The SMILES string of the molecule is CC1Sc2ccc(C(=O)N3CCCC(C(C)N)C3)cc2NC1=O. The van der Waals surface area contributed by atoms with Crippen molar-refractivity contribution in [2.75, 3.05) is 18.4 Å². The topological polar surface area (TPSA) is 75.4 Å². The molecule has 0 spiro atoms. The number of amides is 2. The molecule has 3 atom stereocenters. The summed E-state index contributed by atoms with van der Waals surface area (Å²) in [7, 11) is 0. The summed E-state index contributed by atoms with van der Waals surface area (Å²) in [5, 5.41) is 2.79. The van der Waals surface area contributed by atoms with Crippen LogP contribution in [0.2, 0.25) is 0 Å². The number of piperidine rings is 1. The van der Waals surface area contributed by atoms with Crippen LogP contribution >= 0.6 is 11.8 Å². The Morgan fingerprint density at radius 1 is 1.48 bits per heavy atom. The first kappa shape index (κ1) is 16.3. The normalized spacial score (nSPS) is 25.5. The monoisotopic (exact) mass is 333 g/mol. The number of hydrogen-bond acceptors (Lipinski definition) is 4. The summed E-state index contributed by atoms with van der Waals surface area (Å²) >= 11 is 1.53. The highest BCUT2D eigenvalue weighted by Gasteiger charge is 2.28. The number of thioether (sulfide) groups is 1. The van der Waals surface area contributed by atoms with Crippen LogP contribution in [0.1, 0.15) is 37.0 Å². The van der Waals surface area contributed by atoms with Crippen molar-refractivity contribution in [3.05, 3.63) is 23.8 Å². The summed E-state index contributed by atoms with van der Waals surface area (Å²) in [4.78, 5) is 27.5. The van der Waals surface area contributed by atoms with E-state index in [1.54, 1.807) is 6.07 Å². The first-order chi connectivity index (χ1) is 11.0. The number of carbonyl (C=O) groups excluding carboxylic acids is 2. The molecule has 6 heteroatoms. The Morgan fingerprint density at radius 2 is 2.26 bits per heavy atom. The van der Waals surface area contributed by atoms with Crippen LogP contribution in [-0.4, -0.2) is 41.1 Å². The van der Waals surface area contributed by atoms with Gasteiger partial charge >= 0.3 is 0 Å². The van der Waals surface area contributed by atoms with E-state index in [4.69, 9.17) is 5.73 Å². The summed E-state index contributed by atoms with van der Waals surface area (Å²) in [6.45, 7) is 5.37. The second kappa shape index (κ2) is 6.53. The lowest BCUT2D eigenvalue weighted by Gasteiger charge is -2.35. The fraction of sp³-hybridized carbons (Fsp3) is 0.529. The van der Waals surface area contributed by atoms with Gasteiger partial charge in [0.25, 0.3) is 5.91 Å². The Balaban J connectivity index is 1.78. The minimum Gasteiger partial charge on any atom is -0.338 e. The Bertz CT molecular complexity index is 632. The highest BCUT2D eigenvalue weighted by atomic mass is 32.2. The van der Waals surface area contributed by atoms with Crippen LogP contribution in [0.15, 0.2) is 23.1 Å². The maximum absolute atomic E-state index is 12.8. The largest absolute Gasteiger partial charge is 0.338 e. The zero-order valence-corrected chi connectivity index (χ0v) is 14.4. The average molecular weight is 333 g/mol. The molecule has 0 aromatic heterocycles. The van der Waals surface area contributed by atoms with E-state index in [1.165, 1.54) is 11.8 Å². The molecular weight excluding hydrogens is 310 g/mol. The number of nitrogens with zero attached hydrogens (tertiary/aromatic N) is 1. The van der Waals surface area contributed by atoms with E-state index in [1.807, 2.05) is 30.9 Å². The van der Waals surface area contributed by atoms with Crippen LogP contribution in [0.25, 0.3) is 0 Å². The number of fused-ring (bicyclic) bond motifs is 1. The maximum atomic E-state index is 12.8. The Morgan fingerprint density at radius 3 is 3.00 bits per heavy atom. The van der Waals surface area contributed by atoms with Gasteiger partial charge in [-0.3, -0.25) is 9.59 Å². The van der Waals surface area contributed by atoms with E-state index >= 15 is 0 Å². The standard InChI is InChI=1S/C17H23N3O2S/c1-10(18)13-4-3-7-20(9-13)17(22)12-5-6-15-14(8-12)19-16(21)11(2)23-15/h5-6,8,10-11,13H,3-4,7,9,18H2,1-2H3,(H,19,21). The summed E-state index contributed by atoms with van der Waals surface area (Å²) in [6.07, 6.45) is 2.07. The van der Waals surface area contributed by atoms with Gasteiger partial charge in [-0.25, -0.2) is 0 Å². The molecule has 0 saturated carbocycles. The van der Waals surface area contributed by atoms with Crippen molar-refractivity contribution in [3.8, 4) is 0 Å². The third kappa shape index (κ3) is 3.38. The van der Waals surface area contributed by atoms with E-state index in [-0.39, 0.29) is 23.1 Å². The van der Waals surface area contributed by atoms with Crippen molar-refractivity contribution in [1.82, 2.24) is 4.90 Å². The highest BCUT2D eigenvalue weighted by Crippen LogP contribution is 2.36. The van der Waals surface area contributed by atoms with Crippen molar-refractivity contribution < 1.29 is 9.59 Å². The van der Waals surface area contributed by atoms with Crippen molar-refractivity contribution in [3.63, 3.8) is 0 Å². The van der Waals surface area contributed by atoms with E-state index in [9.17, 15) is 9.59 Å². The van der Waals surface area contributed by atoms with Gasteiger partial charge in [0.2, 0.25) is 5.91 Å². The predicted molar refractivity (Wildman–Crippen MR) is 92.7 cm³/mol. The zero-order chi connectivity index (χ0) is 16.6. The number of rotatable bonds is 2. The summed E-state index contributed by atoms with van der Waals surface area (Å²) in [5.41, 5.74) is 7.37. The zero-order valence-electron chi connectivity index (χ0n) is 13.5. The molecule has 5 nitrogen and oxygen atoms in total. The fourth-order valence-corrected chi connectivity index (χ4v) is 4.08. The molecule has 1 aromatic rings. The molecule has 0 radical (unpaired) electrons. The number of likely N-dealkylation sites (tertiary alicyclic amines) is 1. The molecule has 2 aliphatic rings. The van der Waals surface area contributed by atoms with Crippen molar-refractivity contribution in [2.24, 2.45) is 11.7 Å². The second-order valence-corrected chi connectivity index (χ2v) is 7.86. The molecule has 1 fully saturated rings. The van der Waals surface area contributed by atoms with Gasteiger partial charge in [0.1, 0.15) is 0 Å². The predicted octanol–water partition coefficient (Wildman–Crippen LogP) is 2.32. The quantitative estimate of drug-likeness (QED) is 0.871. The molecule has 2 amide bonds. The molecule has 0 bridgehead atoms. The molecule has 3 N–H and O–H groups in total. The van der Waals surface area contributed by atoms with Gasteiger partial charge in [-0.15, -0.1) is 11.8 Å². The molecule has 3 unspecified atom stereocenters. The number of nitrogens with two attached hydrogens (primary N) is 1. The third-order valence-corrected chi connectivity index (χ3v) is 5.82. The number of benzene rings is 1. The summed E-state index contributed by atoms with van der Waals surface area (Å²) < 4.78 is 0. The molecule has 1 aromatic carbocycles. The second-order valence-electron chi connectivity index (χ2n) is 6.47. The summed E-state index contributed by atoms with van der Waals surface area (Å²) in [5.74, 6) is 0.375. The van der Waals surface area contributed by atoms with Crippen LogP contribution in [-0.2, 0) is 4.79 Å². The highest BCUT2D eigenvalue weighted by molar-refractivity contribution is 8.00. The number of carbonyl (C=O) groups is 2. The summed E-state index contributed by atoms with van der Waals surface area (Å²) in [6, 6.07) is 5.68. The van der Waals surface area contributed by atoms with Gasteiger partial charge in [0, 0.05) is 29.6 Å². The Hall–Kier alpha value is -1.53. The van der Waals surface area contributed by atoms with E-state index in [0.29, 0.717) is 18.0 Å². The van der Waals surface area contributed by atoms with E-state index in [2.05, 4.69) is 5.32 Å². The molecular formula is C17H23N3O2S. The molecule has 0 aliphatic carbocycles. The van der Waals surface area contributed by atoms with Gasteiger partial charge in [0.15, 0.2) is 0 Å². The lowest BCUT2D eigenvalue weighted by molar-refractivity contribution is -0.115. The van der Waals surface area contributed by atoms with Crippen molar-refractivity contribution >= 4 is 29.3 Å². The van der Waals surface area contributed by atoms with Crippen LogP contribution < -0.4 is 11.1 Å². The van der Waals surface area contributed by atoms with Gasteiger partial charge in [-0.2, -0.15) is 0 Å². The van der Waals surface area contributed by atoms with Crippen LogP contribution in [0, 0.1) is 5.92 Å². The van der Waals surface area contributed by atoms with Crippen LogP contribution in [0.4, 0.5) is 5.69 Å². The fourth-order valence-electron chi connectivity index (χ4n) is 3.15. The lowest BCUT2D eigenvalue weighted by Crippen LogP contribution is -2.45. The third-order valence-electron chi connectivity index (χ3n) is 4.65. The van der Waals surface area contributed by atoms with Crippen molar-refractivity contribution in [1.29, 1.82) is 0 Å². The van der Waals surface area contributed by atoms with Gasteiger partial charge < -0.3 is 16.0 Å². The number of anilines is 1.